The molecule has 0 saturated carbocycles. The van der Waals surface area contributed by atoms with Crippen molar-refractivity contribution in [3.63, 3.8) is 0 Å². The molecule has 0 amide bonds. The van der Waals surface area contributed by atoms with Crippen LogP contribution in [0.2, 0.25) is 0 Å². The van der Waals surface area contributed by atoms with E-state index in [0.29, 0.717) is 11.0 Å². The second-order valence-electron chi connectivity index (χ2n) is 4.43. The van der Waals surface area contributed by atoms with Crippen molar-refractivity contribution in [1.29, 1.82) is 0 Å². The van der Waals surface area contributed by atoms with Gasteiger partial charge < -0.3 is 10.0 Å². The van der Waals surface area contributed by atoms with Crippen LogP contribution in [-0.2, 0) is 6.42 Å². The third-order valence-corrected chi connectivity index (χ3v) is 3.86. The van der Waals surface area contributed by atoms with E-state index in [-0.39, 0.29) is 5.56 Å². The van der Waals surface area contributed by atoms with Crippen molar-refractivity contribution in [3.05, 3.63) is 41.6 Å². The first-order chi connectivity index (χ1) is 9.70. The third-order valence-electron chi connectivity index (χ3n) is 3.30. The molecular formula is C14H13N3O2S. The van der Waals surface area contributed by atoms with Crippen molar-refractivity contribution >= 4 is 29.2 Å². The molecule has 2 heterocycles. The van der Waals surface area contributed by atoms with E-state index in [9.17, 15) is 9.90 Å². The number of carbonyl (C=O) groups is 1. The number of fused-ring (bicyclic) bond motifs is 1. The van der Waals surface area contributed by atoms with E-state index in [4.69, 9.17) is 0 Å². The van der Waals surface area contributed by atoms with Crippen molar-refractivity contribution < 1.29 is 9.90 Å². The predicted octanol–water partition coefficient (Wildman–Crippen LogP) is 2.59. The summed E-state index contributed by atoms with van der Waals surface area (Å²) >= 11 is 1.40. The van der Waals surface area contributed by atoms with Gasteiger partial charge in [0.1, 0.15) is 5.56 Å². The van der Waals surface area contributed by atoms with Gasteiger partial charge in [-0.3, -0.25) is 0 Å². The number of carboxylic acid groups (broad SMARTS) is 1. The number of hydrogen-bond acceptors (Lipinski definition) is 5. The molecule has 0 unspecified atom stereocenters. The Balaban J connectivity index is 2.12. The van der Waals surface area contributed by atoms with Gasteiger partial charge in [-0.1, -0.05) is 30.0 Å². The first-order valence-electron chi connectivity index (χ1n) is 6.20. The van der Waals surface area contributed by atoms with Gasteiger partial charge in [-0.25, -0.2) is 14.8 Å². The summed E-state index contributed by atoms with van der Waals surface area (Å²) in [5, 5.41) is 9.90. The molecule has 1 aromatic carbocycles. The first-order valence-corrected chi connectivity index (χ1v) is 7.43. The molecule has 0 saturated heterocycles. The van der Waals surface area contributed by atoms with E-state index in [1.807, 2.05) is 29.4 Å². The van der Waals surface area contributed by atoms with Gasteiger partial charge >= 0.3 is 5.97 Å². The fourth-order valence-electron chi connectivity index (χ4n) is 2.37. The summed E-state index contributed by atoms with van der Waals surface area (Å²) < 4.78 is 0. The standard InChI is InChI=1S/C14H13N3O2S/c1-20-14-15-8-10(13(18)19)12(16-14)17-7-6-9-4-2-3-5-11(9)17/h2-5,8H,6-7H2,1H3,(H,18,19). The van der Waals surface area contributed by atoms with Crippen LogP contribution in [0, 0.1) is 0 Å². The Morgan fingerprint density at radius 2 is 2.20 bits per heavy atom. The highest BCUT2D eigenvalue weighted by atomic mass is 32.2. The number of carboxylic acids is 1. The van der Waals surface area contributed by atoms with E-state index in [2.05, 4.69) is 16.0 Å². The van der Waals surface area contributed by atoms with Crippen LogP contribution < -0.4 is 4.90 Å². The topological polar surface area (TPSA) is 66.3 Å². The van der Waals surface area contributed by atoms with Crippen LogP contribution >= 0.6 is 11.8 Å². The van der Waals surface area contributed by atoms with E-state index < -0.39 is 5.97 Å². The van der Waals surface area contributed by atoms with Crippen molar-refractivity contribution in [2.75, 3.05) is 17.7 Å². The molecule has 0 fully saturated rings. The molecule has 1 aliphatic rings. The lowest BCUT2D eigenvalue weighted by atomic mass is 10.2. The second kappa shape index (κ2) is 5.13. The average Bonchev–Trinajstić information content (AvgIpc) is 2.90. The Hall–Kier alpha value is -2.08. The largest absolute Gasteiger partial charge is 0.477 e. The number of aromatic carboxylic acids is 1. The van der Waals surface area contributed by atoms with Gasteiger partial charge in [-0.2, -0.15) is 0 Å². The normalized spacial score (nSPS) is 13.3. The minimum atomic E-state index is -1.00. The average molecular weight is 287 g/mol. The second-order valence-corrected chi connectivity index (χ2v) is 5.20. The minimum absolute atomic E-state index is 0.138. The summed E-state index contributed by atoms with van der Waals surface area (Å²) in [6.45, 7) is 0.741. The summed E-state index contributed by atoms with van der Waals surface area (Å²) in [4.78, 5) is 21.8. The maximum absolute atomic E-state index is 11.4. The summed E-state index contributed by atoms with van der Waals surface area (Å²) in [5.74, 6) is -0.529. The molecule has 2 aromatic rings. The zero-order valence-corrected chi connectivity index (χ0v) is 11.7. The quantitative estimate of drug-likeness (QED) is 0.691. The number of nitrogens with zero attached hydrogens (tertiary/aromatic N) is 3. The number of rotatable bonds is 3. The lowest BCUT2D eigenvalue weighted by molar-refractivity contribution is 0.0696. The number of anilines is 2. The van der Waals surface area contributed by atoms with Crippen LogP contribution in [0.25, 0.3) is 0 Å². The molecule has 5 nitrogen and oxygen atoms in total. The highest BCUT2D eigenvalue weighted by molar-refractivity contribution is 7.98. The molecule has 20 heavy (non-hydrogen) atoms. The van der Waals surface area contributed by atoms with Crippen LogP contribution in [-0.4, -0.2) is 33.8 Å². The molecule has 102 valence electrons. The Morgan fingerprint density at radius 1 is 1.40 bits per heavy atom. The highest BCUT2D eigenvalue weighted by Crippen LogP contribution is 2.35. The van der Waals surface area contributed by atoms with Crippen LogP contribution in [0.4, 0.5) is 11.5 Å². The predicted molar refractivity (Wildman–Crippen MR) is 77.9 cm³/mol. The Bertz CT molecular complexity index is 675. The Morgan fingerprint density at radius 3 is 2.95 bits per heavy atom. The molecule has 1 N–H and O–H groups in total. The van der Waals surface area contributed by atoms with Crippen LogP contribution in [0.5, 0.6) is 0 Å². The molecule has 0 bridgehead atoms. The van der Waals surface area contributed by atoms with Crippen molar-refractivity contribution in [2.45, 2.75) is 11.6 Å². The summed E-state index contributed by atoms with van der Waals surface area (Å²) in [6.07, 6.45) is 4.16. The zero-order valence-electron chi connectivity index (χ0n) is 10.9. The molecular weight excluding hydrogens is 274 g/mol. The number of hydrogen-bond donors (Lipinski definition) is 1. The van der Waals surface area contributed by atoms with Crippen molar-refractivity contribution in [1.82, 2.24) is 9.97 Å². The lowest BCUT2D eigenvalue weighted by Crippen LogP contribution is -2.19. The van der Waals surface area contributed by atoms with E-state index in [0.717, 1.165) is 18.7 Å². The van der Waals surface area contributed by atoms with Crippen LogP contribution in [0.1, 0.15) is 15.9 Å². The number of aromatic nitrogens is 2. The van der Waals surface area contributed by atoms with Crippen LogP contribution in [0.3, 0.4) is 0 Å². The van der Waals surface area contributed by atoms with Gasteiger partial charge in [0.15, 0.2) is 11.0 Å². The van der Waals surface area contributed by atoms with E-state index in [1.54, 1.807) is 0 Å². The van der Waals surface area contributed by atoms with Crippen molar-refractivity contribution in [2.24, 2.45) is 0 Å². The monoisotopic (exact) mass is 287 g/mol. The first kappa shape index (κ1) is 12.9. The van der Waals surface area contributed by atoms with E-state index in [1.165, 1.54) is 23.5 Å². The smallest absolute Gasteiger partial charge is 0.341 e. The summed E-state index contributed by atoms with van der Waals surface area (Å²) in [6, 6.07) is 8.00. The summed E-state index contributed by atoms with van der Waals surface area (Å²) in [5.41, 5.74) is 2.38. The van der Waals surface area contributed by atoms with Gasteiger partial charge in [-0.15, -0.1) is 0 Å². The summed E-state index contributed by atoms with van der Waals surface area (Å²) in [7, 11) is 0. The van der Waals surface area contributed by atoms with Gasteiger partial charge in [0.25, 0.3) is 0 Å². The molecule has 1 aliphatic heterocycles. The molecule has 0 aliphatic carbocycles. The van der Waals surface area contributed by atoms with Gasteiger partial charge in [-0.05, 0) is 24.3 Å². The number of para-hydroxylation sites is 1. The third kappa shape index (κ3) is 2.12. The SMILES string of the molecule is CSc1ncc(C(=O)O)c(N2CCc3ccccc32)n1. The maximum Gasteiger partial charge on any atom is 0.341 e. The zero-order chi connectivity index (χ0) is 14.1. The fraction of sp³-hybridized carbons (Fsp3) is 0.214. The minimum Gasteiger partial charge on any atom is -0.477 e. The molecule has 3 rings (SSSR count). The Kier molecular flexibility index (Phi) is 3.31. The number of thioether (sulfide) groups is 1. The Labute approximate surface area is 120 Å². The molecule has 1 aromatic heterocycles. The molecule has 0 spiro atoms. The molecule has 0 atom stereocenters. The lowest BCUT2D eigenvalue weighted by Gasteiger charge is -2.20. The van der Waals surface area contributed by atoms with Crippen molar-refractivity contribution in [3.8, 4) is 0 Å². The highest BCUT2D eigenvalue weighted by Gasteiger charge is 2.26. The fourth-order valence-corrected chi connectivity index (χ4v) is 2.71. The van der Waals surface area contributed by atoms with Gasteiger partial charge in [0, 0.05) is 18.4 Å². The van der Waals surface area contributed by atoms with Gasteiger partial charge in [0.05, 0.1) is 0 Å². The molecule has 0 radical (unpaired) electrons. The molecule has 6 heteroatoms. The van der Waals surface area contributed by atoms with Gasteiger partial charge in [0.2, 0.25) is 0 Å². The van der Waals surface area contributed by atoms with E-state index >= 15 is 0 Å². The number of benzene rings is 1. The van der Waals surface area contributed by atoms with Crippen LogP contribution in [0.15, 0.2) is 35.6 Å². The maximum atomic E-state index is 11.4.